The molecular weight excluding hydrogens is 374 g/mol. The molecule has 0 radical (unpaired) electrons. The van der Waals surface area contributed by atoms with Crippen LogP contribution in [-0.2, 0) is 6.54 Å². The highest BCUT2D eigenvalue weighted by molar-refractivity contribution is 6.33. The third kappa shape index (κ3) is 4.97. The molecule has 28 heavy (non-hydrogen) atoms. The van der Waals surface area contributed by atoms with Crippen LogP contribution in [0.2, 0.25) is 5.02 Å². The molecule has 1 fully saturated rings. The lowest BCUT2D eigenvalue weighted by molar-refractivity contribution is 0.0946. The van der Waals surface area contributed by atoms with Crippen molar-refractivity contribution < 1.29 is 9.53 Å². The second-order valence-corrected chi connectivity index (χ2v) is 7.49. The Morgan fingerprint density at radius 3 is 2.79 bits per heavy atom. The van der Waals surface area contributed by atoms with Crippen LogP contribution in [0.3, 0.4) is 0 Å². The third-order valence-corrected chi connectivity index (χ3v) is 5.61. The summed E-state index contributed by atoms with van der Waals surface area (Å²) in [7, 11) is 3.34. The van der Waals surface area contributed by atoms with Gasteiger partial charge in [0.25, 0.3) is 5.91 Å². The van der Waals surface area contributed by atoms with Crippen LogP contribution in [0.1, 0.15) is 35.2 Å². The number of hydrogen-bond acceptors (Lipinski definition) is 4. The van der Waals surface area contributed by atoms with Crippen LogP contribution in [0.5, 0.6) is 5.75 Å². The van der Waals surface area contributed by atoms with Crippen molar-refractivity contribution in [2.45, 2.75) is 31.8 Å². The lowest BCUT2D eigenvalue weighted by atomic mass is 10.1. The van der Waals surface area contributed by atoms with Gasteiger partial charge in [-0.15, -0.1) is 0 Å². The van der Waals surface area contributed by atoms with E-state index in [1.165, 1.54) is 18.4 Å². The van der Waals surface area contributed by atoms with Crippen molar-refractivity contribution in [3.63, 3.8) is 0 Å². The second kappa shape index (κ2) is 9.80. The van der Waals surface area contributed by atoms with Crippen LogP contribution in [0.4, 0.5) is 5.69 Å². The largest absolute Gasteiger partial charge is 0.496 e. The van der Waals surface area contributed by atoms with E-state index in [-0.39, 0.29) is 5.91 Å². The van der Waals surface area contributed by atoms with E-state index < -0.39 is 0 Å². The fourth-order valence-electron chi connectivity index (χ4n) is 3.79. The number of carbonyl (C=O) groups is 1. The summed E-state index contributed by atoms with van der Waals surface area (Å²) in [6.07, 6.45) is 3.32. The first-order valence-corrected chi connectivity index (χ1v) is 10.1. The Bertz CT molecular complexity index is 798. The average Bonchev–Trinajstić information content (AvgIpc) is 3.15. The summed E-state index contributed by atoms with van der Waals surface area (Å²) in [5.74, 6) is 0.354. The first-order chi connectivity index (χ1) is 13.6. The molecule has 150 valence electrons. The molecular formula is C22H28ClN3O2. The molecule has 1 saturated heterocycles. The zero-order chi connectivity index (χ0) is 19.9. The number of likely N-dealkylation sites (tertiary alicyclic amines) is 1. The summed E-state index contributed by atoms with van der Waals surface area (Å²) in [5.41, 5.74) is 2.53. The van der Waals surface area contributed by atoms with E-state index in [2.05, 4.69) is 39.8 Å². The molecule has 0 bridgehead atoms. The maximum Gasteiger partial charge on any atom is 0.255 e. The Balaban J connectivity index is 1.55. The standard InChI is InChI=1S/C22H28ClN3O2/c1-24-20-14-21(28-2)18(13-19(20)23)22(27)25-11-10-17-9-6-12-26(17)15-16-7-4-3-5-8-16/h3-5,7-8,13-14,17,24H,6,9-12,15H2,1-2H3,(H,25,27). The highest BCUT2D eigenvalue weighted by atomic mass is 35.5. The van der Waals surface area contributed by atoms with Gasteiger partial charge in [-0.25, -0.2) is 0 Å². The summed E-state index contributed by atoms with van der Waals surface area (Å²) < 4.78 is 5.36. The number of anilines is 1. The summed E-state index contributed by atoms with van der Waals surface area (Å²) in [6, 6.07) is 14.4. The van der Waals surface area contributed by atoms with Crippen LogP contribution in [0, 0.1) is 0 Å². The summed E-state index contributed by atoms with van der Waals surface area (Å²) >= 11 is 6.23. The quantitative estimate of drug-likeness (QED) is 0.696. The summed E-state index contributed by atoms with van der Waals surface area (Å²) in [6.45, 7) is 2.71. The molecule has 2 aromatic rings. The molecule has 3 rings (SSSR count). The lowest BCUT2D eigenvalue weighted by Crippen LogP contribution is -2.33. The van der Waals surface area contributed by atoms with Gasteiger partial charge >= 0.3 is 0 Å². The van der Waals surface area contributed by atoms with E-state index in [0.717, 1.165) is 25.2 Å². The van der Waals surface area contributed by atoms with Crippen molar-refractivity contribution in [2.75, 3.05) is 32.6 Å². The minimum Gasteiger partial charge on any atom is -0.496 e. The Morgan fingerprint density at radius 2 is 2.07 bits per heavy atom. The van der Waals surface area contributed by atoms with Crippen molar-refractivity contribution in [1.29, 1.82) is 0 Å². The predicted octanol–water partition coefficient (Wildman–Crippen LogP) is 4.17. The summed E-state index contributed by atoms with van der Waals surface area (Å²) in [5, 5.41) is 6.52. The SMILES string of the molecule is CNc1cc(OC)c(C(=O)NCCC2CCCN2Cc2ccccc2)cc1Cl. The van der Waals surface area contributed by atoms with Crippen LogP contribution in [0.25, 0.3) is 0 Å². The molecule has 1 aliphatic heterocycles. The fraction of sp³-hybridized carbons (Fsp3) is 0.409. The van der Waals surface area contributed by atoms with E-state index in [1.54, 1.807) is 26.3 Å². The Hall–Kier alpha value is -2.24. The third-order valence-electron chi connectivity index (χ3n) is 5.29. The minimum absolute atomic E-state index is 0.158. The number of benzene rings is 2. The van der Waals surface area contributed by atoms with Crippen LogP contribution < -0.4 is 15.4 Å². The number of nitrogens with one attached hydrogen (secondary N) is 2. The van der Waals surface area contributed by atoms with Gasteiger partial charge in [0.15, 0.2) is 0 Å². The van der Waals surface area contributed by atoms with Gasteiger partial charge in [0.05, 0.1) is 23.4 Å². The molecule has 0 aliphatic carbocycles. The first-order valence-electron chi connectivity index (χ1n) is 9.74. The van der Waals surface area contributed by atoms with Crippen LogP contribution in [-0.4, -0.2) is 44.1 Å². The van der Waals surface area contributed by atoms with Gasteiger partial charge in [0.1, 0.15) is 5.75 Å². The molecule has 0 saturated carbocycles. The van der Waals surface area contributed by atoms with Crippen molar-refractivity contribution >= 4 is 23.2 Å². The van der Waals surface area contributed by atoms with E-state index in [1.807, 2.05) is 6.07 Å². The normalized spacial score (nSPS) is 16.8. The van der Waals surface area contributed by atoms with Crippen molar-refractivity contribution in [3.8, 4) is 5.75 Å². The van der Waals surface area contributed by atoms with E-state index >= 15 is 0 Å². The van der Waals surface area contributed by atoms with Gasteiger partial charge in [-0.2, -0.15) is 0 Å². The smallest absolute Gasteiger partial charge is 0.255 e. The number of methoxy groups -OCH3 is 1. The molecule has 1 atom stereocenters. The van der Waals surface area contributed by atoms with Gasteiger partial charge in [0, 0.05) is 32.2 Å². The molecule has 1 unspecified atom stereocenters. The Kier molecular flexibility index (Phi) is 7.18. The monoisotopic (exact) mass is 401 g/mol. The maximum absolute atomic E-state index is 12.6. The van der Waals surface area contributed by atoms with Gasteiger partial charge in [-0.1, -0.05) is 41.9 Å². The second-order valence-electron chi connectivity index (χ2n) is 7.08. The lowest BCUT2D eigenvalue weighted by Gasteiger charge is -2.24. The van der Waals surface area contributed by atoms with Crippen molar-refractivity contribution in [1.82, 2.24) is 10.2 Å². The zero-order valence-electron chi connectivity index (χ0n) is 16.5. The van der Waals surface area contributed by atoms with E-state index in [0.29, 0.717) is 28.9 Å². The Morgan fingerprint density at radius 1 is 1.29 bits per heavy atom. The number of halogens is 1. The zero-order valence-corrected chi connectivity index (χ0v) is 17.3. The van der Waals surface area contributed by atoms with Crippen LogP contribution in [0.15, 0.2) is 42.5 Å². The maximum atomic E-state index is 12.6. The topological polar surface area (TPSA) is 53.6 Å². The molecule has 2 aromatic carbocycles. The van der Waals surface area contributed by atoms with Gasteiger partial charge in [-0.3, -0.25) is 9.69 Å². The molecule has 2 N–H and O–H groups in total. The predicted molar refractivity (Wildman–Crippen MR) is 114 cm³/mol. The Labute approximate surface area is 172 Å². The van der Waals surface area contributed by atoms with Crippen LogP contribution >= 0.6 is 11.6 Å². The minimum atomic E-state index is -0.158. The number of ether oxygens (including phenoxy) is 1. The van der Waals surface area contributed by atoms with Gasteiger partial charge in [0.2, 0.25) is 0 Å². The van der Waals surface area contributed by atoms with Crippen molar-refractivity contribution in [3.05, 3.63) is 58.6 Å². The van der Waals surface area contributed by atoms with Crippen molar-refractivity contribution in [2.24, 2.45) is 0 Å². The number of carbonyl (C=O) groups excluding carboxylic acids is 1. The highest BCUT2D eigenvalue weighted by Crippen LogP contribution is 2.30. The molecule has 1 heterocycles. The van der Waals surface area contributed by atoms with Gasteiger partial charge in [-0.05, 0) is 37.4 Å². The molecule has 5 nitrogen and oxygen atoms in total. The molecule has 0 spiro atoms. The number of rotatable bonds is 8. The molecule has 1 amide bonds. The number of amides is 1. The number of hydrogen-bond donors (Lipinski definition) is 2. The summed E-state index contributed by atoms with van der Waals surface area (Å²) in [4.78, 5) is 15.2. The molecule has 0 aromatic heterocycles. The highest BCUT2D eigenvalue weighted by Gasteiger charge is 2.24. The molecule has 6 heteroatoms. The first kappa shape index (κ1) is 20.5. The van der Waals surface area contributed by atoms with Gasteiger partial charge < -0.3 is 15.4 Å². The fourth-order valence-corrected chi connectivity index (χ4v) is 4.05. The number of nitrogens with zero attached hydrogens (tertiary/aromatic N) is 1. The average molecular weight is 402 g/mol. The molecule has 1 aliphatic rings. The van der Waals surface area contributed by atoms with E-state index in [4.69, 9.17) is 16.3 Å². The van der Waals surface area contributed by atoms with E-state index in [9.17, 15) is 4.79 Å².